The molecule has 0 saturated heterocycles. The van der Waals surface area contributed by atoms with Crippen LogP contribution in [0.25, 0.3) is 0 Å². The lowest BCUT2D eigenvalue weighted by Crippen LogP contribution is -2.39. The Morgan fingerprint density at radius 1 is 1.36 bits per heavy atom. The van der Waals surface area contributed by atoms with Gasteiger partial charge in [-0.15, -0.1) is 13.2 Å². The smallest absolute Gasteiger partial charge is 0.405 e. The summed E-state index contributed by atoms with van der Waals surface area (Å²) in [5.41, 5.74) is 0.295. The monoisotopic (exact) mass is 357 g/mol. The zero-order valence-electron chi connectivity index (χ0n) is 13.7. The minimum Gasteiger partial charge on any atom is -0.405 e. The van der Waals surface area contributed by atoms with E-state index in [2.05, 4.69) is 20.5 Å². The number of nitrogens with zero attached hydrogens (tertiary/aromatic N) is 1. The van der Waals surface area contributed by atoms with E-state index in [0.29, 0.717) is 17.7 Å². The topological polar surface area (TPSA) is 76.4 Å². The van der Waals surface area contributed by atoms with Crippen molar-refractivity contribution in [2.75, 3.05) is 5.32 Å². The van der Waals surface area contributed by atoms with Crippen molar-refractivity contribution in [1.82, 2.24) is 10.5 Å². The number of aromatic nitrogens is 1. The number of alkyl halides is 3. The number of aryl methyl sites for hydroxylation is 1. The van der Waals surface area contributed by atoms with Crippen LogP contribution in [0.2, 0.25) is 0 Å². The van der Waals surface area contributed by atoms with Gasteiger partial charge >= 0.3 is 6.36 Å². The van der Waals surface area contributed by atoms with E-state index in [1.165, 1.54) is 18.2 Å². The Morgan fingerprint density at radius 3 is 2.68 bits per heavy atom. The van der Waals surface area contributed by atoms with Crippen molar-refractivity contribution in [2.45, 2.75) is 39.2 Å². The minimum absolute atomic E-state index is 0.0377. The molecule has 0 bridgehead atoms. The number of ether oxygens (including phenoxy) is 1. The van der Waals surface area contributed by atoms with E-state index in [-0.39, 0.29) is 24.0 Å². The summed E-state index contributed by atoms with van der Waals surface area (Å²) in [5.74, 6) is 0.174. The van der Waals surface area contributed by atoms with Gasteiger partial charge < -0.3 is 19.9 Å². The van der Waals surface area contributed by atoms with E-state index < -0.39 is 12.4 Å². The van der Waals surface area contributed by atoms with Gasteiger partial charge in [0.25, 0.3) is 0 Å². The first-order valence-corrected chi connectivity index (χ1v) is 7.59. The van der Waals surface area contributed by atoms with Gasteiger partial charge in [-0.3, -0.25) is 4.79 Å². The molecule has 2 N–H and O–H groups in total. The van der Waals surface area contributed by atoms with Crippen LogP contribution in [0.1, 0.15) is 24.7 Å². The summed E-state index contributed by atoms with van der Waals surface area (Å²) in [7, 11) is 0. The summed E-state index contributed by atoms with van der Waals surface area (Å²) in [6, 6.07) is 6.72. The lowest BCUT2D eigenvalue weighted by atomic mass is 10.1. The molecule has 9 heteroatoms. The molecule has 1 heterocycles. The summed E-state index contributed by atoms with van der Waals surface area (Å²) >= 11 is 0. The Balaban J connectivity index is 1.99. The molecule has 1 aromatic carbocycles. The SMILES string of the molecule is CCC(NCc1ccccc1OC(F)(F)F)C(=O)Nc1cc(C)on1. The number of carbonyl (C=O) groups is 1. The molecule has 0 radical (unpaired) electrons. The molecule has 2 aromatic rings. The van der Waals surface area contributed by atoms with Crippen LogP contribution in [0.5, 0.6) is 5.75 Å². The summed E-state index contributed by atoms with van der Waals surface area (Å²) in [6.45, 7) is 3.51. The molecule has 2 rings (SSSR count). The van der Waals surface area contributed by atoms with Crippen LogP contribution in [0.4, 0.5) is 19.0 Å². The molecule has 0 aliphatic heterocycles. The number of anilines is 1. The van der Waals surface area contributed by atoms with Crippen molar-refractivity contribution < 1.29 is 27.2 Å². The molecule has 1 atom stereocenters. The molecule has 1 unspecified atom stereocenters. The molecular weight excluding hydrogens is 339 g/mol. The van der Waals surface area contributed by atoms with E-state index in [9.17, 15) is 18.0 Å². The molecule has 1 amide bonds. The van der Waals surface area contributed by atoms with Crippen molar-refractivity contribution in [3.63, 3.8) is 0 Å². The molecule has 0 spiro atoms. The van der Waals surface area contributed by atoms with Crippen molar-refractivity contribution in [2.24, 2.45) is 0 Å². The highest BCUT2D eigenvalue weighted by Crippen LogP contribution is 2.26. The average molecular weight is 357 g/mol. The molecule has 0 aliphatic rings. The summed E-state index contributed by atoms with van der Waals surface area (Å²) in [6.07, 6.45) is -4.34. The number of para-hydroxylation sites is 1. The second-order valence-corrected chi connectivity index (χ2v) is 5.31. The van der Waals surface area contributed by atoms with E-state index in [4.69, 9.17) is 4.52 Å². The number of halogens is 3. The second-order valence-electron chi connectivity index (χ2n) is 5.31. The maximum atomic E-state index is 12.4. The first kappa shape index (κ1) is 18.8. The normalized spacial score (nSPS) is 12.7. The Morgan fingerprint density at radius 2 is 2.08 bits per heavy atom. The van der Waals surface area contributed by atoms with E-state index in [1.807, 2.05) is 0 Å². The standard InChI is InChI=1S/C16H18F3N3O3/c1-3-12(15(23)21-14-8-10(2)25-22-14)20-9-11-6-4-5-7-13(11)24-16(17,18)19/h4-8,12,20H,3,9H2,1-2H3,(H,21,22,23). The highest BCUT2D eigenvalue weighted by atomic mass is 19.4. The van der Waals surface area contributed by atoms with Gasteiger partial charge in [0.05, 0.1) is 6.04 Å². The summed E-state index contributed by atoms with van der Waals surface area (Å²) in [5, 5.41) is 9.17. The summed E-state index contributed by atoms with van der Waals surface area (Å²) in [4.78, 5) is 12.2. The fourth-order valence-corrected chi connectivity index (χ4v) is 2.17. The highest BCUT2D eigenvalue weighted by Gasteiger charge is 2.32. The lowest BCUT2D eigenvalue weighted by Gasteiger charge is -2.18. The Bertz CT molecular complexity index is 716. The molecule has 6 nitrogen and oxygen atoms in total. The van der Waals surface area contributed by atoms with E-state index in [0.717, 1.165) is 0 Å². The number of nitrogens with one attached hydrogen (secondary N) is 2. The van der Waals surface area contributed by atoms with Gasteiger partial charge in [0.1, 0.15) is 11.5 Å². The Hall–Kier alpha value is -2.55. The van der Waals surface area contributed by atoms with Gasteiger partial charge in [-0.05, 0) is 19.4 Å². The van der Waals surface area contributed by atoms with Crippen LogP contribution >= 0.6 is 0 Å². The number of rotatable bonds is 7. The van der Waals surface area contributed by atoms with Gasteiger partial charge in [0, 0.05) is 18.2 Å². The predicted molar refractivity (Wildman–Crippen MR) is 83.9 cm³/mol. The predicted octanol–water partition coefficient (Wildman–Crippen LogP) is 3.39. The van der Waals surface area contributed by atoms with Gasteiger partial charge in [-0.25, -0.2) is 0 Å². The molecule has 136 valence electrons. The lowest BCUT2D eigenvalue weighted by molar-refractivity contribution is -0.274. The third kappa shape index (κ3) is 5.79. The van der Waals surface area contributed by atoms with E-state index in [1.54, 1.807) is 26.0 Å². The maximum Gasteiger partial charge on any atom is 0.573 e. The van der Waals surface area contributed by atoms with Crippen molar-refractivity contribution in [3.05, 3.63) is 41.7 Å². The van der Waals surface area contributed by atoms with Crippen molar-refractivity contribution in [1.29, 1.82) is 0 Å². The minimum atomic E-state index is -4.78. The van der Waals surface area contributed by atoms with Crippen LogP contribution in [0, 0.1) is 6.92 Å². The van der Waals surface area contributed by atoms with Crippen LogP contribution < -0.4 is 15.4 Å². The number of amides is 1. The average Bonchev–Trinajstić information content (AvgIpc) is 2.93. The molecule has 0 fully saturated rings. The molecule has 0 saturated carbocycles. The first-order valence-electron chi connectivity index (χ1n) is 7.59. The second kappa shape index (κ2) is 8.02. The Kier molecular flexibility index (Phi) is 6.02. The molecule has 0 aliphatic carbocycles. The number of hydrogen-bond donors (Lipinski definition) is 2. The van der Waals surface area contributed by atoms with Gasteiger partial charge in [0.15, 0.2) is 5.82 Å². The number of carbonyl (C=O) groups excluding carboxylic acids is 1. The van der Waals surface area contributed by atoms with Crippen molar-refractivity contribution >= 4 is 11.7 Å². The third-order valence-electron chi connectivity index (χ3n) is 3.34. The van der Waals surface area contributed by atoms with Crippen LogP contribution in [-0.4, -0.2) is 23.5 Å². The fourth-order valence-electron chi connectivity index (χ4n) is 2.17. The molecular formula is C16H18F3N3O3. The fraction of sp³-hybridized carbons (Fsp3) is 0.375. The van der Waals surface area contributed by atoms with Crippen LogP contribution in [0.3, 0.4) is 0 Å². The summed E-state index contributed by atoms with van der Waals surface area (Å²) < 4.78 is 46.2. The Labute approximate surface area is 142 Å². The number of hydrogen-bond acceptors (Lipinski definition) is 5. The first-order chi connectivity index (χ1) is 11.8. The zero-order valence-corrected chi connectivity index (χ0v) is 13.7. The molecule has 1 aromatic heterocycles. The largest absolute Gasteiger partial charge is 0.573 e. The van der Waals surface area contributed by atoms with E-state index >= 15 is 0 Å². The zero-order chi connectivity index (χ0) is 18.4. The van der Waals surface area contributed by atoms with Crippen molar-refractivity contribution in [3.8, 4) is 5.75 Å². The number of benzene rings is 1. The quantitative estimate of drug-likeness (QED) is 0.794. The van der Waals surface area contributed by atoms with Gasteiger partial charge in [0.2, 0.25) is 5.91 Å². The van der Waals surface area contributed by atoms with Crippen LogP contribution in [0.15, 0.2) is 34.9 Å². The van der Waals surface area contributed by atoms with Gasteiger partial charge in [-0.2, -0.15) is 0 Å². The maximum absolute atomic E-state index is 12.4. The van der Waals surface area contributed by atoms with Gasteiger partial charge in [-0.1, -0.05) is 30.3 Å². The van der Waals surface area contributed by atoms with Crippen LogP contribution in [-0.2, 0) is 11.3 Å². The third-order valence-corrected chi connectivity index (χ3v) is 3.34. The molecule has 25 heavy (non-hydrogen) atoms. The highest BCUT2D eigenvalue weighted by molar-refractivity contribution is 5.93.